The molecule has 0 spiro atoms. The summed E-state index contributed by atoms with van der Waals surface area (Å²) in [6.45, 7) is 5.67. The van der Waals surface area contributed by atoms with E-state index in [-0.39, 0.29) is 10.8 Å². The molecule has 1 aliphatic rings. The van der Waals surface area contributed by atoms with Crippen LogP contribution in [0.3, 0.4) is 0 Å². The minimum absolute atomic E-state index is 0.102. The summed E-state index contributed by atoms with van der Waals surface area (Å²) in [5.74, 6) is -0.102. The number of hydrogen-bond acceptors (Lipinski definition) is 4. The third-order valence-corrected chi connectivity index (χ3v) is 6.41. The van der Waals surface area contributed by atoms with E-state index in [0.717, 1.165) is 25.2 Å². The molecule has 150 valence electrons. The number of carbonyl (C=O) groups excluding carboxylic acids is 1. The summed E-state index contributed by atoms with van der Waals surface area (Å²) in [6.07, 6.45) is 2.45. The minimum atomic E-state index is -3.69. The Labute approximate surface area is 167 Å². The summed E-state index contributed by atoms with van der Waals surface area (Å²) in [4.78, 5) is 16.7. The Morgan fingerprint density at radius 1 is 1.04 bits per heavy atom. The Hall–Kier alpha value is -2.38. The van der Waals surface area contributed by atoms with Crippen LogP contribution in [0.5, 0.6) is 0 Å². The number of carbonyl (C=O) groups is 1. The highest BCUT2D eigenvalue weighted by atomic mass is 32.2. The van der Waals surface area contributed by atoms with E-state index in [2.05, 4.69) is 9.62 Å². The van der Waals surface area contributed by atoms with Gasteiger partial charge in [-0.25, -0.2) is 8.42 Å². The largest absolute Gasteiger partial charge is 0.340 e. The van der Waals surface area contributed by atoms with E-state index in [1.165, 1.54) is 25.0 Å². The number of hydrogen-bond donors (Lipinski definition) is 1. The number of likely N-dealkylation sites (tertiary alicyclic amines) is 1. The van der Waals surface area contributed by atoms with Gasteiger partial charge in [-0.3, -0.25) is 9.52 Å². The Morgan fingerprint density at radius 2 is 1.64 bits per heavy atom. The lowest BCUT2D eigenvalue weighted by Crippen LogP contribution is -2.35. The van der Waals surface area contributed by atoms with Crippen LogP contribution in [0.25, 0.3) is 0 Å². The molecule has 0 radical (unpaired) electrons. The van der Waals surface area contributed by atoms with Crippen LogP contribution in [0.4, 0.5) is 5.69 Å². The van der Waals surface area contributed by atoms with E-state index in [0.29, 0.717) is 17.8 Å². The molecule has 0 aromatic heterocycles. The Morgan fingerprint density at radius 3 is 2.25 bits per heavy atom. The van der Waals surface area contributed by atoms with Gasteiger partial charge in [0.05, 0.1) is 4.90 Å². The predicted octanol–water partition coefficient (Wildman–Crippen LogP) is 2.96. The number of aryl methyl sites for hydroxylation is 1. The first kappa shape index (κ1) is 20.4. The maximum atomic E-state index is 12.6. The second-order valence-electron chi connectivity index (χ2n) is 7.27. The SMILES string of the molecule is Cc1ccc(NS(=O)(=O)c2ccc(C(=O)N(C)CCN3CCCC3)cc2)cc1. The van der Waals surface area contributed by atoms with Crippen molar-refractivity contribution >= 4 is 21.6 Å². The molecule has 6 nitrogen and oxygen atoms in total. The highest BCUT2D eigenvalue weighted by molar-refractivity contribution is 7.92. The van der Waals surface area contributed by atoms with Gasteiger partial charge in [0.1, 0.15) is 0 Å². The third-order valence-electron chi connectivity index (χ3n) is 5.01. The Bertz CT molecular complexity index is 903. The first-order valence-electron chi connectivity index (χ1n) is 9.52. The van der Waals surface area contributed by atoms with Crippen molar-refractivity contribution in [2.45, 2.75) is 24.7 Å². The molecule has 7 heteroatoms. The molecule has 1 heterocycles. The van der Waals surface area contributed by atoms with Gasteiger partial charge in [0, 0.05) is 31.4 Å². The van der Waals surface area contributed by atoms with Gasteiger partial charge in [0.2, 0.25) is 0 Å². The van der Waals surface area contributed by atoms with E-state index in [4.69, 9.17) is 0 Å². The van der Waals surface area contributed by atoms with Crippen LogP contribution in [0, 0.1) is 6.92 Å². The van der Waals surface area contributed by atoms with Gasteiger partial charge in [0.15, 0.2) is 0 Å². The van der Waals surface area contributed by atoms with Crippen LogP contribution in [-0.4, -0.2) is 57.4 Å². The van der Waals surface area contributed by atoms with Gasteiger partial charge in [-0.2, -0.15) is 0 Å². The zero-order valence-corrected chi connectivity index (χ0v) is 17.2. The molecule has 1 N–H and O–H groups in total. The number of amides is 1. The van der Waals surface area contributed by atoms with Crippen molar-refractivity contribution in [1.29, 1.82) is 0 Å². The fourth-order valence-electron chi connectivity index (χ4n) is 3.23. The first-order chi connectivity index (χ1) is 13.3. The van der Waals surface area contributed by atoms with E-state index in [1.54, 1.807) is 36.2 Å². The lowest BCUT2D eigenvalue weighted by molar-refractivity contribution is 0.0782. The number of nitrogens with one attached hydrogen (secondary N) is 1. The summed E-state index contributed by atoms with van der Waals surface area (Å²) in [6, 6.07) is 13.2. The van der Waals surface area contributed by atoms with Crippen LogP contribution in [0.15, 0.2) is 53.4 Å². The van der Waals surface area contributed by atoms with Gasteiger partial charge < -0.3 is 9.80 Å². The predicted molar refractivity (Wildman–Crippen MR) is 111 cm³/mol. The zero-order chi connectivity index (χ0) is 20.1. The topological polar surface area (TPSA) is 69.7 Å². The molecule has 0 saturated carbocycles. The van der Waals surface area contributed by atoms with Crippen molar-refractivity contribution < 1.29 is 13.2 Å². The summed E-state index contributed by atoms with van der Waals surface area (Å²) in [5.41, 5.74) is 2.05. The number of nitrogens with zero attached hydrogens (tertiary/aromatic N) is 2. The molecule has 0 unspecified atom stereocenters. The molecule has 0 aliphatic carbocycles. The molecule has 1 fully saturated rings. The van der Waals surface area contributed by atoms with E-state index in [9.17, 15) is 13.2 Å². The van der Waals surface area contributed by atoms with Crippen molar-refractivity contribution in [3.63, 3.8) is 0 Å². The normalized spacial score (nSPS) is 14.8. The van der Waals surface area contributed by atoms with E-state index >= 15 is 0 Å². The van der Waals surface area contributed by atoms with Crippen molar-refractivity contribution in [2.75, 3.05) is 37.9 Å². The standard InChI is InChI=1S/C21H27N3O3S/c1-17-5-9-19(10-6-17)22-28(26,27)20-11-7-18(8-12-20)21(25)23(2)15-16-24-13-3-4-14-24/h5-12,22H,3-4,13-16H2,1-2H3. The molecule has 0 atom stereocenters. The average Bonchev–Trinajstić information content (AvgIpc) is 3.21. The lowest BCUT2D eigenvalue weighted by Gasteiger charge is -2.21. The molecular formula is C21H27N3O3S. The quantitative estimate of drug-likeness (QED) is 0.774. The molecule has 0 bridgehead atoms. The Kier molecular flexibility index (Phi) is 6.36. The fraction of sp³-hybridized carbons (Fsp3) is 0.381. The van der Waals surface area contributed by atoms with Crippen LogP contribution < -0.4 is 4.72 Å². The zero-order valence-electron chi connectivity index (χ0n) is 16.4. The second kappa shape index (κ2) is 8.75. The number of anilines is 1. The van der Waals surface area contributed by atoms with Crippen molar-refractivity contribution in [2.24, 2.45) is 0 Å². The number of sulfonamides is 1. The molecule has 1 amide bonds. The smallest absolute Gasteiger partial charge is 0.261 e. The number of likely N-dealkylation sites (N-methyl/N-ethyl adjacent to an activating group) is 1. The summed E-state index contributed by atoms with van der Waals surface area (Å²) in [5, 5.41) is 0. The second-order valence-corrected chi connectivity index (χ2v) is 8.95. The highest BCUT2D eigenvalue weighted by Crippen LogP contribution is 2.18. The van der Waals surface area contributed by atoms with Gasteiger partial charge in [-0.1, -0.05) is 17.7 Å². The maximum absolute atomic E-state index is 12.6. The average molecular weight is 402 g/mol. The third kappa shape index (κ3) is 5.11. The summed E-state index contributed by atoms with van der Waals surface area (Å²) >= 11 is 0. The molecule has 28 heavy (non-hydrogen) atoms. The van der Waals surface area contributed by atoms with Gasteiger partial charge in [-0.05, 0) is 69.3 Å². The maximum Gasteiger partial charge on any atom is 0.261 e. The fourth-order valence-corrected chi connectivity index (χ4v) is 4.29. The van der Waals surface area contributed by atoms with Crippen LogP contribution in [0.2, 0.25) is 0 Å². The lowest BCUT2D eigenvalue weighted by atomic mass is 10.2. The molecule has 2 aromatic rings. The molecule has 1 saturated heterocycles. The van der Waals surface area contributed by atoms with E-state index < -0.39 is 10.0 Å². The number of benzene rings is 2. The van der Waals surface area contributed by atoms with Crippen molar-refractivity contribution in [1.82, 2.24) is 9.80 Å². The molecular weight excluding hydrogens is 374 g/mol. The highest BCUT2D eigenvalue weighted by Gasteiger charge is 2.18. The van der Waals surface area contributed by atoms with Gasteiger partial charge >= 0.3 is 0 Å². The van der Waals surface area contributed by atoms with Crippen LogP contribution in [0.1, 0.15) is 28.8 Å². The molecule has 1 aliphatic heterocycles. The Balaban J connectivity index is 1.62. The summed E-state index contributed by atoms with van der Waals surface area (Å²) < 4.78 is 27.6. The van der Waals surface area contributed by atoms with E-state index in [1.807, 2.05) is 19.1 Å². The van der Waals surface area contributed by atoms with Crippen LogP contribution in [-0.2, 0) is 10.0 Å². The number of rotatable bonds is 7. The minimum Gasteiger partial charge on any atom is -0.340 e. The monoisotopic (exact) mass is 401 g/mol. The molecule has 2 aromatic carbocycles. The first-order valence-corrected chi connectivity index (χ1v) is 11.0. The van der Waals surface area contributed by atoms with Crippen LogP contribution >= 0.6 is 0 Å². The molecule has 3 rings (SSSR count). The van der Waals surface area contributed by atoms with Crippen molar-refractivity contribution in [3.05, 3.63) is 59.7 Å². The van der Waals surface area contributed by atoms with Gasteiger partial charge in [-0.15, -0.1) is 0 Å². The van der Waals surface area contributed by atoms with Crippen molar-refractivity contribution in [3.8, 4) is 0 Å². The summed E-state index contributed by atoms with van der Waals surface area (Å²) in [7, 11) is -1.91. The van der Waals surface area contributed by atoms with Gasteiger partial charge in [0.25, 0.3) is 15.9 Å².